The predicted molar refractivity (Wildman–Crippen MR) is 40.9 cm³/mol. The molecule has 0 saturated heterocycles. The van der Waals surface area contributed by atoms with Crippen LogP contribution in [0.4, 0.5) is 0 Å². The van der Waals surface area contributed by atoms with Crippen LogP contribution in [0.1, 0.15) is 6.92 Å². The van der Waals surface area contributed by atoms with Crippen molar-refractivity contribution in [1.82, 2.24) is 0 Å². The molecule has 0 aliphatic rings. The molecule has 1 unspecified atom stereocenters. The van der Waals surface area contributed by atoms with Crippen molar-refractivity contribution in [1.29, 1.82) is 0 Å². The summed E-state index contributed by atoms with van der Waals surface area (Å²) in [6, 6.07) is 0. The minimum atomic E-state index is -0.463. The highest BCUT2D eigenvalue weighted by Gasteiger charge is 2.16. The molecule has 0 aliphatic carbocycles. The van der Waals surface area contributed by atoms with E-state index in [9.17, 15) is 4.79 Å². The second-order valence-corrected chi connectivity index (χ2v) is 2.88. The first-order chi connectivity index (χ1) is 4.76. The lowest BCUT2D eigenvalue weighted by Gasteiger charge is -2.09. The van der Waals surface area contributed by atoms with Gasteiger partial charge in [0.05, 0.1) is 7.11 Å². The van der Waals surface area contributed by atoms with Crippen LogP contribution in [0.15, 0.2) is 0 Å². The summed E-state index contributed by atoms with van der Waals surface area (Å²) in [6.45, 7) is 1.96. The van der Waals surface area contributed by atoms with Crippen LogP contribution in [0.25, 0.3) is 0 Å². The van der Waals surface area contributed by atoms with E-state index in [1.165, 1.54) is 26.0 Å². The summed E-state index contributed by atoms with van der Waals surface area (Å²) in [5.74, 6) is 0.516. The normalized spacial score (nSPS) is 12.7. The summed E-state index contributed by atoms with van der Waals surface area (Å²) >= 11 is 1.41. The van der Waals surface area contributed by atoms with Crippen LogP contribution in [0.5, 0.6) is 0 Å². The van der Waals surface area contributed by atoms with Gasteiger partial charge in [-0.25, -0.2) is 4.79 Å². The fraction of sp³-hybridized carbons (Fsp3) is 0.833. The van der Waals surface area contributed by atoms with Gasteiger partial charge in [-0.3, -0.25) is 0 Å². The van der Waals surface area contributed by atoms with Crippen LogP contribution in [0, 0.1) is 0 Å². The van der Waals surface area contributed by atoms with E-state index >= 15 is 0 Å². The number of thioether (sulfide) groups is 1. The van der Waals surface area contributed by atoms with Crippen LogP contribution in [0.2, 0.25) is 0 Å². The monoisotopic (exact) mass is 164 g/mol. The molecule has 0 radical (unpaired) electrons. The Hall–Kier alpha value is -0.220. The van der Waals surface area contributed by atoms with Crippen molar-refractivity contribution in [2.45, 2.75) is 12.4 Å². The fourth-order valence-electron chi connectivity index (χ4n) is 0.480. The number of esters is 1. The Bertz CT molecular complexity index is 105. The maximum absolute atomic E-state index is 10.8. The van der Waals surface area contributed by atoms with Crippen molar-refractivity contribution in [2.75, 3.05) is 20.0 Å². The fourth-order valence-corrected chi connectivity index (χ4v) is 1.15. The number of methoxy groups -OCH3 is 2. The van der Waals surface area contributed by atoms with Crippen LogP contribution in [-0.2, 0) is 14.3 Å². The van der Waals surface area contributed by atoms with E-state index in [0.29, 0.717) is 0 Å². The Morgan fingerprint density at radius 3 is 2.50 bits per heavy atom. The Morgan fingerprint density at radius 1 is 1.60 bits per heavy atom. The third-order valence-corrected chi connectivity index (χ3v) is 1.95. The maximum atomic E-state index is 10.8. The highest BCUT2D eigenvalue weighted by atomic mass is 32.2. The number of carbonyl (C=O) groups is 1. The zero-order valence-electron chi connectivity index (χ0n) is 6.42. The lowest BCUT2D eigenvalue weighted by atomic mass is 10.7. The highest BCUT2D eigenvalue weighted by molar-refractivity contribution is 8.00. The van der Waals surface area contributed by atoms with Crippen molar-refractivity contribution in [3.63, 3.8) is 0 Å². The Balaban J connectivity index is 3.68. The van der Waals surface area contributed by atoms with E-state index in [-0.39, 0.29) is 5.97 Å². The Morgan fingerprint density at radius 2 is 2.20 bits per heavy atom. The summed E-state index contributed by atoms with van der Waals surface area (Å²) in [6.07, 6.45) is 0. The molecular weight excluding hydrogens is 152 g/mol. The number of hydrogen-bond acceptors (Lipinski definition) is 4. The molecule has 0 fully saturated rings. The van der Waals surface area contributed by atoms with E-state index in [0.717, 1.165) is 5.75 Å². The van der Waals surface area contributed by atoms with Gasteiger partial charge in [0.15, 0.2) is 5.44 Å². The van der Waals surface area contributed by atoms with Gasteiger partial charge in [-0.2, -0.15) is 0 Å². The lowest BCUT2D eigenvalue weighted by Crippen LogP contribution is -2.20. The van der Waals surface area contributed by atoms with Crippen molar-refractivity contribution in [3.8, 4) is 0 Å². The van der Waals surface area contributed by atoms with E-state index in [2.05, 4.69) is 4.74 Å². The van der Waals surface area contributed by atoms with Crippen molar-refractivity contribution < 1.29 is 14.3 Å². The Kier molecular flexibility index (Phi) is 5.43. The molecule has 0 aromatic rings. The molecule has 0 N–H and O–H groups in total. The zero-order chi connectivity index (χ0) is 7.98. The largest absolute Gasteiger partial charge is 0.466 e. The number of hydrogen-bond donors (Lipinski definition) is 0. The minimum absolute atomic E-state index is 0.325. The average Bonchev–Trinajstić information content (AvgIpc) is 1.99. The van der Waals surface area contributed by atoms with Gasteiger partial charge in [0.25, 0.3) is 0 Å². The molecule has 0 bridgehead atoms. The first-order valence-electron chi connectivity index (χ1n) is 2.98. The average molecular weight is 164 g/mol. The lowest BCUT2D eigenvalue weighted by molar-refractivity contribution is -0.146. The number of rotatable bonds is 4. The molecule has 0 aromatic carbocycles. The Labute approximate surface area is 65.1 Å². The van der Waals surface area contributed by atoms with Gasteiger partial charge in [-0.05, 0) is 5.75 Å². The molecule has 0 heterocycles. The zero-order valence-corrected chi connectivity index (χ0v) is 7.23. The number of ether oxygens (including phenoxy) is 2. The van der Waals surface area contributed by atoms with Gasteiger partial charge in [0.2, 0.25) is 0 Å². The molecule has 0 aromatic heterocycles. The van der Waals surface area contributed by atoms with Crippen molar-refractivity contribution >= 4 is 17.7 Å². The molecular formula is C6H12O3S. The summed E-state index contributed by atoms with van der Waals surface area (Å²) in [5.41, 5.74) is -0.463. The second-order valence-electron chi connectivity index (χ2n) is 1.55. The topological polar surface area (TPSA) is 35.5 Å². The van der Waals surface area contributed by atoms with E-state index < -0.39 is 5.44 Å². The van der Waals surface area contributed by atoms with Gasteiger partial charge in [-0.15, -0.1) is 11.8 Å². The van der Waals surface area contributed by atoms with E-state index in [1.807, 2.05) is 6.92 Å². The molecule has 0 rings (SSSR count). The SMILES string of the molecule is CCSC(OC)C(=O)OC. The van der Waals surface area contributed by atoms with Gasteiger partial charge in [0, 0.05) is 7.11 Å². The third kappa shape index (κ3) is 3.08. The first kappa shape index (κ1) is 9.78. The van der Waals surface area contributed by atoms with Crippen molar-refractivity contribution in [2.24, 2.45) is 0 Å². The van der Waals surface area contributed by atoms with Gasteiger partial charge in [-0.1, -0.05) is 6.92 Å². The molecule has 0 amide bonds. The summed E-state index contributed by atoms with van der Waals surface area (Å²) in [4.78, 5) is 10.8. The molecule has 4 heteroatoms. The van der Waals surface area contributed by atoms with E-state index in [4.69, 9.17) is 4.74 Å². The van der Waals surface area contributed by atoms with E-state index in [1.54, 1.807) is 0 Å². The smallest absolute Gasteiger partial charge is 0.345 e. The quantitative estimate of drug-likeness (QED) is 0.456. The van der Waals surface area contributed by atoms with Crippen molar-refractivity contribution in [3.05, 3.63) is 0 Å². The molecule has 0 saturated carbocycles. The standard InChI is InChI=1S/C6H12O3S/c1-4-10-6(9-3)5(7)8-2/h6H,4H2,1-3H3. The minimum Gasteiger partial charge on any atom is -0.466 e. The summed E-state index contributed by atoms with van der Waals surface area (Å²) in [5, 5.41) is 0. The molecule has 3 nitrogen and oxygen atoms in total. The number of carbonyl (C=O) groups excluding carboxylic acids is 1. The maximum Gasteiger partial charge on any atom is 0.345 e. The van der Waals surface area contributed by atoms with Crippen LogP contribution in [-0.4, -0.2) is 31.4 Å². The molecule has 0 aliphatic heterocycles. The molecule has 60 valence electrons. The highest BCUT2D eigenvalue weighted by Crippen LogP contribution is 2.11. The van der Waals surface area contributed by atoms with Gasteiger partial charge >= 0.3 is 5.97 Å². The van der Waals surface area contributed by atoms with Crippen LogP contribution < -0.4 is 0 Å². The molecule has 10 heavy (non-hydrogen) atoms. The molecule has 0 spiro atoms. The molecule has 1 atom stereocenters. The summed E-state index contributed by atoms with van der Waals surface area (Å²) < 4.78 is 9.30. The first-order valence-corrected chi connectivity index (χ1v) is 4.03. The van der Waals surface area contributed by atoms with Crippen LogP contribution >= 0.6 is 11.8 Å². The van der Waals surface area contributed by atoms with Gasteiger partial charge < -0.3 is 9.47 Å². The second kappa shape index (κ2) is 5.56. The van der Waals surface area contributed by atoms with Crippen LogP contribution in [0.3, 0.4) is 0 Å². The predicted octanol–water partition coefficient (Wildman–Crippen LogP) is 0.885. The van der Waals surface area contributed by atoms with Gasteiger partial charge in [0.1, 0.15) is 0 Å². The summed E-state index contributed by atoms with van der Waals surface area (Å²) in [7, 11) is 2.84. The third-order valence-electron chi connectivity index (χ3n) is 0.926.